The minimum Gasteiger partial charge on any atom is -0.382 e. The fourth-order valence-corrected chi connectivity index (χ4v) is 2.34. The van der Waals surface area contributed by atoms with Gasteiger partial charge in [-0.25, -0.2) is 0 Å². The molecule has 0 aliphatic carbocycles. The first-order chi connectivity index (χ1) is 8.15. The number of nitrogens with zero attached hydrogens (tertiary/aromatic N) is 1. The minimum atomic E-state index is 0.172. The number of hydrogen-bond donors (Lipinski definition) is 1. The van der Waals surface area contributed by atoms with Crippen molar-refractivity contribution in [2.75, 3.05) is 18.4 Å². The van der Waals surface area contributed by atoms with Gasteiger partial charge in [0, 0.05) is 36.8 Å². The van der Waals surface area contributed by atoms with Crippen LogP contribution in [0.1, 0.15) is 19.8 Å². The van der Waals surface area contributed by atoms with Gasteiger partial charge in [-0.1, -0.05) is 17.7 Å². The Bertz CT molecular complexity index is 400. The fourth-order valence-electron chi connectivity index (χ4n) is 2.15. The summed E-state index contributed by atoms with van der Waals surface area (Å²) in [6.45, 7) is 3.31. The van der Waals surface area contributed by atoms with Gasteiger partial charge in [-0.3, -0.25) is 4.79 Å². The first-order valence-electron chi connectivity index (χ1n) is 5.93. The van der Waals surface area contributed by atoms with Crippen molar-refractivity contribution in [3.63, 3.8) is 0 Å². The number of carbonyl (C=O) groups is 1. The molecule has 2 rings (SSSR count). The summed E-state index contributed by atoms with van der Waals surface area (Å²) in [5.74, 6) is 0.172. The third-order valence-corrected chi connectivity index (χ3v) is 3.37. The number of likely N-dealkylation sites (tertiary alicyclic amines) is 1. The summed E-state index contributed by atoms with van der Waals surface area (Å²) in [6, 6.07) is 8.19. The van der Waals surface area contributed by atoms with Crippen LogP contribution in [0.15, 0.2) is 24.3 Å². The maximum atomic E-state index is 11.2. The van der Waals surface area contributed by atoms with Crippen LogP contribution in [-0.4, -0.2) is 29.9 Å². The predicted octanol–water partition coefficient (Wildman–Crippen LogP) is 2.76. The van der Waals surface area contributed by atoms with Crippen molar-refractivity contribution in [3.8, 4) is 0 Å². The van der Waals surface area contributed by atoms with Crippen LogP contribution in [0, 0.1) is 0 Å². The van der Waals surface area contributed by atoms with Crippen LogP contribution in [0.25, 0.3) is 0 Å². The molecule has 1 N–H and O–H groups in total. The standard InChI is InChI=1S/C13H17ClN2O/c1-10(17)16-7-5-12(6-8-16)15-13-4-2-3-11(14)9-13/h2-4,9,12,15H,5-8H2,1H3. The SMILES string of the molecule is CC(=O)N1CCC(Nc2cccc(Cl)c2)CC1. The third-order valence-electron chi connectivity index (χ3n) is 3.14. The van der Waals surface area contributed by atoms with Gasteiger partial charge in [-0.2, -0.15) is 0 Å². The lowest BCUT2D eigenvalue weighted by Gasteiger charge is -2.32. The van der Waals surface area contributed by atoms with Crippen molar-refractivity contribution in [2.45, 2.75) is 25.8 Å². The normalized spacial score (nSPS) is 16.9. The summed E-state index contributed by atoms with van der Waals surface area (Å²) in [4.78, 5) is 13.1. The van der Waals surface area contributed by atoms with E-state index >= 15 is 0 Å². The molecule has 0 atom stereocenters. The second-order valence-corrected chi connectivity index (χ2v) is 4.87. The molecule has 0 radical (unpaired) electrons. The predicted molar refractivity (Wildman–Crippen MR) is 70.4 cm³/mol. The maximum absolute atomic E-state index is 11.2. The van der Waals surface area contributed by atoms with Gasteiger partial charge < -0.3 is 10.2 Å². The second-order valence-electron chi connectivity index (χ2n) is 4.44. The molecule has 1 amide bonds. The molecule has 1 heterocycles. The molecule has 0 spiro atoms. The largest absolute Gasteiger partial charge is 0.382 e. The van der Waals surface area contributed by atoms with Crippen LogP contribution in [0.2, 0.25) is 5.02 Å². The molecule has 3 nitrogen and oxygen atoms in total. The summed E-state index contributed by atoms with van der Waals surface area (Å²) in [6.07, 6.45) is 1.98. The Morgan fingerprint density at radius 2 is 2.12 bits per heavy atom. The van der Waals surface area contributed by atoms with Gasteiger partial charge in [0.25, 0.3) is 0 Å². The Balaban J connectivity index is 1.88. The molecule has 1 aliphatic rings. The number of halogens is 1. The topological polar surface area (TPSA) is 32.3 Å². The van der Waals surface area contributed by atoms with Crippen molar-refractivity contribution in [3.05, 3.63) is 29.3 Å². The van der Waals surface area contributed by atoms with E-state index in [-0.39, 0.29) is 5.91 Å². The van der Waals surface area contributed by atoms with Gasteiger partial charge in [-0.15, -0.1) is 0 Å². The quantitative estimate of drug-likeness (QED) is 0.878. The van der Waals surface area contributed by atoms with Gasteiger partial charge in [0.1, 0.15) is 0 Å². The van der Waals surface area contributed by atoms with E-state index in [1.54, 1.807) is 6.92 Å². The third kappa shape index (κ3) is 3.37. The summed E-state index contributed by atoms with van der Waals surface area (Å²) >= 11 is 5.93. The van der Waals surface area contributed by atoms with Crippen molar-refractivity contribution in [1.82, 2.24) is 4.90 Å². The van der Waals surface area contributed by atoms with Gasteiger partial charge in [-0.05, 0) is 31.0 Å². The fraction of sp³-hybridized carbons (Fsp3) is 0.462. The smallest absolute Gasteiger partial charge is 0.219 e. The Labute approximate surface area is 107 Å². The van der Waals surface area contributed by atoms with Crippen LogP contribution in [-0.2, 0) is 4.79 Å². The summed E-state index contributed by atoms with van der Waals surface area (Å²) in [7, 11) is 0. The number of anilines is 1. The Kier molecular flexibility index (Phi) is 3.89. The summed E-state index contributed by atoms with van der Waals surface area (Å²) in [5, 5.41) is 4.21. The lowest BCUT2D eigenvalue weighted by molar-refractivity contribution is -0.129. The average Bonchev–Trinajstić information content (AvgIpc) is 2.29. The van der Waals surface area contributed by atoms with E-state index in [0.29, 0.717) is 6.04 Å². The first kappa shape index (κ1) is 12.2. The maximum Gasteiger partial charge on any atom is 0.219 e. The Morgan fingerprint density at radius 3 is 2.71 bits per heavy atom. The molecule has 1 fully saturated rings. The number of carbonyl (C=O) groups excluding carboxylic acids is 1. The lowest BCUT2D eigenvalue weighted by Crippen LogP contribution is -2.41. The highest BCUT2D eigenvalue weighted by molar-refractivity contribution is 6.30. The van der Waals surface area contributed by atoms with Gasteiger partial charge in [0.05, 0.1) is 0 Å². The number of nitrogens with one attached hydrogen (secondary N) is 1. The number of piperidine rings is 1. The lowest BCUT2D eigenvalue weighted by atomic mass is 10.0. The Hall–Kier alpha value is -1.22. The number of rotatable bonds is 2. The molecule has 0 unspecified atom stereocenters. The van der Waals surface area contributed by atoms with E-state index in [0.717, 1.165) is 36.6 Å². The van der Waals surface area contributed by atoms with E-state index < -0.39 is 0 Å². The van der Waals surface area contributed by atoms with Gasteiger partial charge in [0.2, 0.25) is 5.91 Å². The zero-order valence-electron chi connectivity index (χ0n) is 9.95. The monoisotopic (exact) mass is 252 g/mol. The van der Waals surface area contributed by atoms with Crippen molar-refractivity contribution in [2.24, 2.45) is 0 Å². The van der Waals surface area contributed by atoms with Crippen molar-refractivity contribution < 1.29 is 4.79 Å². The molecule has 1 aromatic rings. The molecule has 17 heavy (non-hydrogen) atoms. The molecule has 1 aliphatic heterocycles. The molecule has 92 valence electrons. The zero-order valence-corrected chi connectivity index (χ0v) is 10.7. The minimum absolute atomic E-state index is 0.172. The van der Waals surface area contributed by atoms with E-state index in [1.165, 1.54) is 0 Å². The molecule has 4 heteroatoms. The van der Waals surface area contributed by atoms with Crippen LogP contribution in [0.3, 0.4) is 0 Å². The molecule has 1 saturated heterocycles. The number of amides is 1. The van der Waals surface area contributed by atoms with Gasteiger partial charge >= 0.3 is 0 Å². The Morgan fingerprint density at radius 1 is 1.41 bits per heavy atom. The van der Waals surface area contributed by atoms with E-state index in [1.807, 2.05) is 29.2 Å². The number of hydrogen-bond acceptors (Lipinski definition) is 2. The summed E-state index contributed by atoms with van der Waals surface area (Å²) in [5.41, 5.74) is 1.05. The van der Waals surface area contributed by atoms with Crippen LogP contribution in [0.4, 0.5) is 5.69 Å². The molecule has 1 aromatic carbocycles. The van der Waals surface area contributed by atoms with Crippen molar-refractivity contribution >= 4 is 23.2 Å². The van der Waals surface area contributed by atoms with Crippen LogP contribution < -0.4 is 5.32 Å². The molecule has 0 saturated carbocycles. The van der Waals surface area contributed by atoms with Crippen LogP contribution in [0.5, 0.6) is 0 Å². The number of benzene rings is 1. The highest BCUT2D eigenvalue weighted by Gasteiger charge is 2.20. The van der Waals surface area contributed by atoms with E-state index in [2.05, 4.69) is 5.32 Å². The summed E-state index contributed by atoms with van der Waals surface area (Å²) < 4.78 is 0. The van der Waals surface area contributed by atoms with E-state index in [4.69, 9.17) is 11.6 Å². The highest BCUT2D eigenvalue weighted by Crippen LogP contribution is 2.19. The van der Waals surface area contributed by atoms with Gasteiger partial charge in [0.15, 0.2) is 0 Å². The molecule has 0 aromatic heterocycles. The van der Waals surface area contributed by atoms with Crippen LogP contribution >= 0.6 is 11.6 Å². The average molecular weight is 253 g/mol. The zero-order chi connectivity index (χ0) is 12.3. The second kappa shape index (κ2) is 5.41. The molecule has 0 bridgehead atoms. The van der Waals surface area contributed by atoms with E-state index in [9.17, 15) is 4.79 Å². The first-order valence-corrected chi connectivity index (χ1v) is 6.30. The highest BCUT2D eigenvalue weighted by atomic mass is 35.5. The van der Waals surface area contributed by atoms with Crippen molar-refractivity contribution in [1.29, 1.82) is 0 Å². The molecular weight excluding hydrogens is 236 g/mol. The molecular formula is C13H17ClN2O.